The quantitative estimate of drug-likeness (QED) is 0.708. The third-order valence-electron chi connectivity index (χ3n) is 4.61. The van der Waals surface area contributed by atoms with Crippen LogP contribution in [0, 0.1) is 0 Å². The molecular weight excluding hydrogens is 332 g/mol. The lowest BCUT2D eigenvalue weighted by atomic mass is 9.93. The average Bonchev–Trinajstić information content (AvgIpc) is 2.96. The summed E-state index contributed by atoms with van der Waals surface area (Å²) < 4.78 is 1.33. The molecule has 124 valence electrons. The van der Waals surface area contributed by atoms with Gasteiger partial charge < -0.3 is 15.0 Å². The van der Waals surface area contributed by atoms with Gasteiger partial charge in [-0.05, 0) is 25.0 Å². The van der Waals surface area contributed by atoms with E-state index in [1.165, 1.54) is 9.42 Å². The Hall–Kier alpha value is -2.54. The summed E-state index contributed by atoms with van der Waals surface area (Å²) in [7, 11) is 0. The van der Waals surface area contributed by atoms with Gasteiger partial charge in [-0.2, -0.15) is 9.61 Å². The molecule has 3 heterocycles. The molecule has 0 aliphatic carbocycles. The SMILES string of the molecule is O=C(O)N1CCC(c2cc(=O)n3nc4c(Cl)cccc4c3[nH]2)CC1. The molecule has 3 aromatic rings. The van der Waals surface area contributed by atoms with E-state index in [0.717, 1.165) is 11.1 Å². The summed E-state index contributed by atoms with van der Waals surface area (Å²) in [4.78, 5) is 28.2. The molecule has 0 atom stereocenters. The van der Waals surface area contributed by atoms with Gasteiger partial charge in [-0.15, -0.1) is 0 Å². The topological polar surface area (TPSA) is 90.7 Å². The number of carboxylic acid groups (broad SMARTS) is 1. The van der Waals surface area contributed by atoms with Crippen molar-refractivity contribution in [1.82, 2.24) is 19.5 Å². The molecule has 8 heteroatoms. The number of aromatic nitrogens is 3. The first-order chi connectivity index (χ1) is 11.5. The van der Waals surface area contributed by atoms with E-state index in [1.54, 1.807) is 12.1 Å². The van der Waals surface area contributed by atoms with E-state index in [9.17, 15) is 9.59 Å². The third-order valence-corrected chi connectivity index (χ3v) is 4.91. The van der Waals surface area contributed by atoms with Crippen LogP contribution in [0.15, 0.2) is 29.1 Å². The van der Waals surface area contributed by atoms with Crippen LogP contribution in [-0.2, 0) is 0 Å². The molecule has 2 N–H and O–H groups in total. The molecule has 0 spiro atoms. The molecular formula is C16H15ClN4O3. The van der Waals surface area contributed by atoms with Crippen molar-refractivity contribution in [3.05, 3.63) is 45.3 Å². The second-order valence-corrected chi connectivity index (χ2v) is 6.41. The highest BCUT2D eigenvalue weighted by molar-refractivity contribution is 6.35. The number of fused-ring (bicyclic) bond motifs is 3. The Labute approximate surface area is 141 Å². The van der Waals surface area contributed by atoms with Gasteiger partial charge >= 0.3 is 6.09 Å². The third kappa shape index (κ3) is 2.32. The van der Waals surface area contributed by atoms with Crippen molar-refractivity contribution >= 4 is 34.2 Å². The van der Waals surface area contributed by atoms with Gasteiger partial charge in [0.15, 0.2) is 0 Å². The molecule has 7 nitrogen and oxygen atoms in total. The minimum absolute atomic E-state index is 0.127. The summed E-state index contributed by atoms with van der Waals surface area (Å²) in [5.74, 6) is 0.127. The Bertz CT molecular complexity index is 1000. The highest BCUT2D eigenvalue weighted by Crippen LogP contribution is 2.28. The number of aromatic amines is 1. The number of H-pyrrole nitrogens is 1. The molecule has 0 bridgehead atoms. The van der Waals surface area contributed by atoms with Crippen LogP contribution in [0.4, 0.5) is 4.79 Å². The van der Waals surface area contributed by atoms with Gasteiger partial charge in [-0.3, -0.25) is 4.79 Å². The Morgan fingerprint density at radius 2 is 2.08 bits per heavy atom. The van der Waals surface area contributed by atoms with E-state index in [4.69, 9.17) is 16.7 Å². The van der Waals surface area contributed by atoms with Crippen molar-refractivity contribution in [3.8, 4) is 0 Å². The summed E-state index contributed by atoms with van der Waals surface area (Å²) in [6.45, 7) is 0.943. The van der Waals surface area contributed by atoms with Crippen molar-refractivity contribution < 1.29 is 9.90 Å². The van der Waals surface area contributed by atoms with Crippen LogP contribution in [0.2, 0.25) is 5.02 Å². The molecule has 24 heavy (non-hydrogen) atoms. The summed E-state index contributed by atoms with van der Waals surface area (Å²) in [5, 5.41) is 14.6. The summed E-state index contributed by atoms with van der Waals surface area (Å²) in [5.41, 5.74) is 1.81. The van der Waals surface area contributed by atoms with Gasteiger partial charge in [0.1, 0.15) is 11.2 Å². The van der Waals surface area contributed by atoms with Crippen LogP contribution in [0.25, 0.3) is 16.6 Å². The number of piperidine rings is 1. The van der Waals surface area contributed by atoms with E-state index in [0.29, 0.717) is 42.1 Å². The maximum atomic E-state index is 12.4. The lowest BCUT2D eigenvalue weighted by Crippen LogP contribution is -2.37. The van der Waals surface area contributed by atoms with E-state index in [-0.39, 0.29) is 11.5 Å². The van der Waals surface area contributed by atoms with Crippen LogP contribution < -0.4 is 5.56 Å². The standard InChI is InChI=1S/C16H15ClN4O3/c17-11-3-1-2-10-14(11)19-21-13(22)8-12(18-15(10)21)9-4-6-20(7-5-9)16(23)24/h1-3,8-9,18H,4-7H2,(H,23,24). The number of hydrogen-bond acceptors (Lipinski definition) is 3. The molecule has 0 unspecified atom stereocenters. The fraction of sp³-hybridized carbons (Fsp3) is 0.312. The first kappa shape index (κ1) is 15.0. The van der Waals surface area contributed by atoms with E-state index in [1.807, 2.05) is 12.1 Å². The second kappa shape index (κ2) is 5.52. The molecule has 1 aromatic carbocycles. The maximum absolute atomic E-state index is 12.4. The number of nitrogens with one attached hydrogen (secondary N) is 1. The zero-order valence-electron chi connectivity index (χ0n) is 12.7. The fourth-order valence-corrected chi connectivity index (χ4v) is 3.53. The fourth-order valence-electron chi connectivity index (χ4n) is 3.32. The minimum Gasteiger partial charge on any atom is -0.465 e. The van der Waals surface area contributed by atoms with Gasteiger partial charge in [0.25, 0.3) is 5.56 Å². The van der Waals surface area contributed by atoms with Crippen LogP contribution in [0.1, 0.15) is 24.5 Å². The lowest BCUT2D eigenvalue weighted by Gasteiger charge is -2.29. The van der Waals surface area contributed by atoms with Gasteiger partial charge in [-0.1, -0.05) is 17.7 Å². The van der Waals surface area contributed by atoms with E-state index >= 15 is 0 Å². The van der Waals surface area contributed by atoms with Crippen LogP contribution >= 0.6 is 11.6 Å². The molecule has 2 aromatic heterocycles. The molecule has 1 aliphatic heterocycles. The van der Waals surface area contributed by atoms with Crippen LogP contribution in [0.5, 0.6) is 0 Å². The summed E-state index contributed by atoms with van der Waals surface area (Å²) in [6, 6.07) is 6.98. The number of likely N-dealkylation sites (tertiary alicyclic amines) is 1. The van der Waals surface area contributed by atoms with Crippen LogP contribution in [-0.4, -0.2) is 43.8 Å². The normalized spacial score (nSPS) is 16.1. The molecule has 4 rings (SSSR count). The predicted octanol–water partition coefficient (Wildman–Crippen LogP) is 2.69. The van der Waals surface area contributed by atoms with Gasteiger partial charge in [-0.25, -0.2) is 4.79 Å². The van der Waals surface area contributed by atoms with Gasteiger partial charge in [0.05, 0.1) is 5.02 Å². The molecule has 1 fully saturated rings. The number of halogens is 1. The van der Waals surface area contributed by atoms with Crippen molar-refractivity contribution in [2.45, 2.75) is 18.8 Å². The first-order valence-corrected chi connectivity index (χ1v) is 8.10. The number of hydrogen-bond donors (Lipinski definition) is 2. The highest BCUT2D eigenvalue weighted by Gasteiger charge is 2.25. The van der Waals surface area contributed by atoms with Crippen molar-refractivity contribution in [3.63, 3.8) is 0 Å². The zero-order chi connectivity index (χ0) is 16.8. The van der Waals surface area contributed by atoms with E-state index < -0.39 is 6.09 Å². The molecule has 0 saturated carbocycles. The molecule has 1 aliphatic rings. The number of rotatable bonds is 1. The predicted molar refractivity (Wildman–Crippen MR) is 89.9 cm³/mol. The second-order valence-electron chi connectivity index (χ2n) is 6.00. The maximum Gasteiger partial charge on any atom is 0.407 e. The van der Waals surface area contributed by atoms with Crippen molar-refractivity contribution in [2.24, 2.45) is 0 Å². The number of carbonyl (C=O) groups is 1. The van der Waals surface area contributed by atoms with Gasteiger partial charge in [0.2, 0.25) is 0 Å². The Balaban J connectivity index is 1.78. The van der Waals surface area contributed by atoms with Crippen molar-refractivity contribution in [2.75, 3.05) is 13.1 Å². The minimum atomic E-state index is -0.895. The lowest BCUT2D eigenvalue weighted by molar-refractivity contribution is 0.131. The van der Waals surface area contributed by atoms with Gasteiger partial charge in [0, 0.05) is 36.2 Å². The summed E-state index contributed by atoms with van der Waals surface area (Å²) >= 11 is 6.16. The molecule has 1 saturated heterocycles. The number of benzene rings is 1. The Morgan fingerprint density at radius 1 is 1.33 bits per heavy atom. The average molecular weight is 347 g/mol. The smallest absolute Gasteiger partial charge is 0.407 e. The summed E-state index contributed by atoms with van der Waals surface area (Å²) in [6.07, 6.45) is 0.477. The number of nitrogens with zero attached hydrogens (tertiary/aromatic N) is 3. The van der Waals surface area contributed by atoms with Crippen LogP contribution in [0.3, 0.4) is 0 Å². The van der Waals surface area contributed by atoms with Crippen molar-refractivity contribution in [1.29, 1.82) is 0 Å². The molecule has 0 radical (unpaired) electrons. The Kier molecular flexibility index (Phi) is 3.45. The van der Waals surface area contributed by atoms with E-state index in [2.05, 4.69) is 10.1 Å². The molecule has 1 amide bonds. The largest absolute Gasteiger partial charge is 0.465 e. The Morgan fingerprint density at radius 3 is 2.79 bits per heavy atom. The number of amides is 1. The highest BCUT2D eigenvalue weighted by atomic mass is 35.5. The first-order valence-electron chi connectivity index (χ1n) is 7.72. The monoisotopic (exact) mass is 346 g/mol. The zero-order valence-corrected chi connectivity index (χ0v) is 13.5.